The zero-order valence-corrected chi connectivity index (χ0v) is 7.87. The summed E-state index contributed by atoms with van der Waals surface area (Å²) in [5, 5.41) is 0. The highest BCUT2D eigenvalue weighted by molar-refractivity contribution is 5.85. The fraction of sp³-hybridized carbons (Fsp3) is 1.00. The van der Waals surface area contributed by atoms with Crippen LogP contribution in [0, 0.1) is 5.41 Å². The fourth-order valence-electron chi connectivity index (χ4n) is 0.870. The van der Waals surface area contributed by atoms with Crippen LogP contribution in [0.3, 0.4) is 0 Å². The van der Waals surface area contributed by atoms with Gasteiger partial charge in [0.25, 0.3) is 0 Å². The van der Waals surface area contributed by atoms with Crippen LogP contribution in [0.5, 0.6) is 0 Å². The van der Waals surface area contributed by atoms with Gasteiger partial charge in [0.15, 0.2) is 0 Å². The number of hydrogen-bond donors (Lipinski definition) is 2. The summed E-state index contributed by atoms with van der Waals surface area (Å²) in [5.74, 6) is 0. The molecular formula is C7H19ClN2. The predicted octanol–water partition coefficient (Wildman–Crippen LogP) is 1.13. The van der Waals surface area contributed by atoms with Gasteiger partial charge in [-0.3, -0.25) is 0 Å². The summed E-state index contributed by atoms with van der Waals surface area (Å²) in [6.07, 6.45) is 1.00. The van der Waals surface area contributed by atoms with Crippen molar-refractivity contribution in [2.24, 2.45) is 16.9 Å². The van der Waals surface area contributed by atoms with Gasteiger partial charge in [0, 0.05) is 12.6 Å². The van der Waals surface area contributed by atoms with Gasteiger partial charge in [0.1, 0.15) is 0 Å². The Bertz CT molecular complexity index is 78.2. The van der Waals surface area contributed by atoms with E-state index in [-0.39, 0.29) is 18.4 Å². The molecule has 0 saturated carbocycles. The van der Waals surface area contributed by atoms with E-state index in [1.807, 2.05) is 0 Å². The maximum atomic E-state index is 5.63. The van der Waals surface area contributed by atoms with Crippen LogP contribution in [0.15, 0.2) is 0 Å². The number of nitrogens with two attached hydrogens (primary N) is 2. The van der Waals surface area contributed by atoms with Gasteiger partial charge in [-0.05, 0) is 11.8 Å². The molecule has 4 N–H and O–H groups in total. The third kappa shape index (κ3) is 8.21. The lowest BCUT2D eigenvalue weighted by atomic mass is 9.88. The topological polar surface area (TPSA) is 52.0 Å². The second-order valence-corrected chi connectivity index (χ2v) is 3.76. The van der Waals surface area contributed by atoms with Gasteiger partial charge in [-0.15, -0.1) is 12.4 Å². The van der Waals surface area contributed by atoms with E-state index in [1.165, 1.54) is 0 Å². The van der Waals surface area contributed by atoms with E-state index in [9.17, 15) is 0 Å². The van der Waals surface area contributed by atoms with Crippen LogP contribution in [0.25, 0.3) is 0 Å². The van der Waals surface area contributed by atoms with E-state index in [2.05, 4.69) is 20.8 Å². The first kappa shape index (κ1) is 12.8. The van der Waals surface area contributed by atoms with Crippen LogP contribution < -0.4 is 11.5 Å². The first-order valence-electron chi connectivity index (χ1n) is 3.41. The Labute approximate surface area is 69.8 Å². The van der Waals surface area contributed by atoms with Crippen LogP contribution in [-0.2, 0) is 0 Å². The van der Waals surface area contributed by atoms with Crippen molar-refractivity contribution in [3.05, 3.63) is 0 Å². The van der Waals surface area contributed by atoms with E-state index in [0.717, 1.165) is 6.42 Å². The second kappa shape index (κ2) is 4.94. The van der Waals surface area contributed by atoms with Gasteiger partial charge < -0.3 is 11.5 Å². The zero-order chi connectivity index (χ0) is 7.49. The molecule has 0 heterocycles. The Kier molecular flexibility index (Phi) is 6.35. The molecule has 64 valence electrons. The summed E-state index contributed by atoms with van der Waals surface area (Å²) in [7, 11) is 0. The lowest BCUT2D eigenvalue weighted by Crippen LogP contribution is -2.33. The summed E-state index contributed by atoms with van der Waals surface area (Å²) in [4.78, 5) is 0. The van der Waals surface area contributed by atoms with Crippen molar-refractivity contribution in [3.63, 3.8) is 0 Å². The monoisotopic (exact) mass is 166 g/mol. The minimum absolute atomic E-state index is 0. The van der Waals surface area contributed by atoms with Crippen LogP contribution in [0.2, 0.25) is 0 Å². The molecule has 0 aliphatic heterocycles. The fourth-order valence-corrected chi connectivity index (χ4v) is 0.870. The lowest BCUT2D eigenvalue weighted by molar-refractivity contribution is 0.342. The molecule has 0 radical (unpaired) electrons. The van der Waals surface area contributed by atoms with E-state index in [4.69, 9.17) is 11.5 Å². The normalized spacial score (nSPS) is 14.1. The quantitative estimate of drug-likeness (QED) is 0.647. The zero-order valence-electron chi connectivity index (χ0n) is 7.05. The molecule has 0 aliphatic carbocycles. The van der Waals surface area contributed by atoms with E-state index >= 15 is 0 Å². The molecule has 1 atom stereocenters. The highest BCUT2D eigenvalue weighted by atomic mass is 35.5. The summed E-state index contributed by atoms with van der Waals surface area (Å²) in [6.45, 7) is 7.10. The van der Waals surface area contributed by atoms with Crippen molar-refractivity contribution in [2.45, 2.75) is 33.2 Å². The Morgan fingerprint density at radius 3 is 1.80 bits per heavy atom. The van der Waals surface area contributed by atoms with Gasteiger partial charge in [-0.1, -0.05) is 20.8 Å². The van der Waals surface area contributed by atoms with Crippen molar-refractivity contribution in [1.29, 1.82) is 0 Å². The molecule has 10 heavy (non-hydrogen) atoms. The first-order valence-corrected chi connectivity index (χ1v) is 3.41. The minimum atomic E-state index is 0. The van der Waals surface area contributed by atoms with Crippen LogP contribution >= 0.6 is 12.4 Å². The highest BCUT2D eigenvalue weighted by Gasteiger charge is 2.13. The molecule has 0 amide bonds. The van der Waals surface area contributed by atoms with Gasteiger partial charge in [0.2, 0.25) is 0 Å². The average Bonchev–Trinajstić information content (AvgIpc) is 1.62. The molecule has 0 saturated heterocycles. The Balaban J connectivity index is 0. The van der Waals surface area contributed by atoms with Crippen molar-refractivity contribution >= 4 is 12.4 Å². The summed E-state index contributed by atoms with van der Waals surface area (Å²) >= 11 is 0. The van der Waals surface area contributed by atoms with Crippen molar-refractivity contribution < 1.29 is 0 Å². The largest absolute Gasteiger partial charge is 0.329 e. The van der Waals surface area contributed by atoms with Gasteiger partial charge in [0.05, 0.1) is 0 Å². The number of hydrogen-bond acceptors (Lipinski definition) is 2. The minimum Gasteiger partial charge on any atom is -0.329 e. The molecule has 2 nitrogen and oxygen atoms in total. The van der Waals surface area contributed by atoms with Crippen LogP contribution in [-0.4, -0.2) is 12.6 Å². The smallest absolute Gasteiger partial charge is 0.0168 e. The highest BCUT2D eigenvalue weighted by Crippen LogP contribution is 2.19. The molecule has 0 fully saturated rings. The molecule has 0 aliphatic rings. The Hall–Kier alpha value is 0.210. The Morgan fingerprint density at radius 1 is 1.30 bits per heavy atom. The summed E-state index contributed by atoms with van der Waals surface area (Å²) < 4.78 is 0. The molecule has 0 rings (SSSR count). The number of halogens is 1. The van der Waals surface area contributed by atoms with Gasteiger partial charge >= 0.3 is 0 Å². The molecule has 3 heteroatoms. The molecule has 0 aromatic heterocycles. The molecule has 0 aromatic rings. The molecule has 0 spiro atoms. The standard InChI is InChI=1S/C7H18N2.ClH/c1-7(2,3)4-6(9)5-8;/h6H,4-5,8-9H2,1-3H3;1H. The van der Waals surface area contributed by atoms with Crippen molar-refractivity contribution in [1.82, 2.24) is 0 Å². The lowest BCUT2D eigenvalue weighted by Gasteiger charge is -2.21. The molecule has 1 unspecified atom stereocenters. The van der Waals surface area contributed by atoms with E-state index < -0.39 is 0 Å². The predicted molar refractivity (Wildman–Crippen MR) is 48.3 cm³/mol. The van der Waals surface area contributed by atoms with E-state index in [0.29, 0.717) is 12.0 Å². The first-order chi connectivity index (χ1) is 3.95. The molecule has 0 bridgehead atoms. The number of rotatable bonds is 2. The Morgan fingerprint density at radius 2 is 1.70 bits per heavy atom. The second-order valence-electron chi connectivity index (χ2n) is 3.76. The van der Waals surface area contributed by atoms with Crippen molar-refractivity contribution in [3.8, 4) is 0 Å². The van der Waals surface area contributed by atoms with Crippen molar-refractivity contribution in [2.75, 3.05) is 6.54 Å². The maximum absolute atomic E-state index is 5.63. The SMILES string of the molecule is CC(C)(C)CC(N)CN.Cl. The maximum Gasteiger partial charge on any atom is 0.0168 e. The summed E-state index contributed by atoms with van der Waals surface area (Å²) in [6, 6.07) is 0.171. The van der Waals surface area contributed by atoms with E-state index in [1.54, 1.807) is 0 Å². The average molecular weight is 167 g/mol. The van der Waals surface area contributed by atoms with Gasteiger partial charge in [-0.25, -0.2) is 0 Å². The molecule has 0 aromatic carbocycles. The summed E-state index contributed by atoms with van der Waals surface area (Å²) in [5.41, 5.74) is 11.3. The van der Waals surface area contributed by atoms with Gasteiger partial charge in [-0.2, -0.15) is 0 Å². The molecular weight excluding hydrogens is 148 g/mol. The third-order valence-corrected chi connectivity index (χ3v) is 1.18. The third-order valence-electron chi connectivity index (χ3n) is 1.18. The van der Waals surface area contributed by atoms with Crippen LogP contribution in [0.4, 0.5) is 0 Å². The van der Waals surface area contributed by atoms with Crippen LogP contribution in [0.1, 0.15) is 27.2 Å².